The highest BCUT2D eigenvalue weighted by Gasteiger charge is 2.14. The van der Waals surface area contributed by atoms with Crippen molar-refractivity contribution in [2.45, 2.75) is 12.5 Å². The summed E-state index contributed by atoms with van der Waals surface area (Å²) in [6.07, 6.45) is 0.670. The van der Waals surface area contributed by atoms with E-state index < -0.39 is 0 Å². The SMILES string of the molecule is CNC(Cc1cc(Cl)ccc1OC)c1cccc(F)c1. The molecule has 106 valence electrons. The van der Waals surface area contributed by atoms with Crippen molar-refractivity contribution in [3.8, 4) is 5.75 Å². The molecule has 1 atom stereocenters. The highest BCUT2D eigenvalue weighted by atomic mass is 35.5. The molecule has 0 aliphatic carbocycles. The largest absolute Gasteiger partial charge is 0.496 e. The van der Waals surface area contributed by atoms with Crippen molar-refractivity contribution in [3.63, 3.8) is 0 Å². The molecule has 4 heteroatoms. The van der Waals surface area contributed by atoms with Crippen LogP contribution in [0.4, 0.5) is 4.39 Å². The lowest BCUT2D eigenvalue weighted by molar-refractivity contribution is 0.406. The summed E-state index contributed by atoms with van der Waals surface area (Å²) in [4.78, 5) is 0. The first-order valence-electron chi connectivity index (χ1n) is 6.39. The lowest BCUT2D eigenvalue weighted by atomic mass is 9.98. The van der Waals surface area contributed by atoms with Crippen molar-refractivity contribution in [1.29, 1.82) is 0 Å². The van der Waals surface area contributed by atoms with Gasteiger partial charge in [-0.2, -0.15) is 0 Å². The van der Waals surface area contributed by atoms with Gasteiger partial charge < -0.3 is 10.1 Å². The lowest BCUT2D eigenvalue weighted by Gasteiger charge is -2.18. The van der Waals surface area contributed by atoms with Gasteiger partial charge in [0.15, 0.2) is 0 Å². The highest BCUT2D eigenvalue weighted by Crippen LogP contribution is 2.27. The number of ether oxygens (including phenoxy) is 1. The Bertz CT molecular complexity index is 588. The number of nitrogens with one attached hydrogen (secondary N) is 1. The third kappa shape index (κ3) is 3.50. The molecule has 20 heavy (non-hydrogen) atoms. The van der Waals surface area contributed by atoms with E-state index in [1.807, 2.05) is 25.2 Å². The number of methoxy groups -OCH3 is 1. The Labute approximate surface area is 123 Å². The predicted octanol–water partition coefficient (Wildman–Crippen LogP) is 3.99. The summed E-state index contributed by atoms with van der Waals surface area (Å²) in [6, 6.07) is 12.1. The average Bonchev–Trinajstić information content (AvgIpc) is 2.45. The molecule has 0 saturated carbocycles. The Kier molecular flexibility index (Phi) is 4.99. The van der Waals surface area contributed by atoms with E-state index in [2.05, 4.69) is 5.32 Å². The molecule has 0 spiro atoms. The van der Waals surface area contributed by atoms with Gasteiger partial charge in [0.2, 0.25) is 0 Å². The normalized spacial score (nSPS) is 12.2. The summed E-state index contributed by atoms with van der Waals surface area (Å²) >= 11 is 6.04. The molecule has 0 aliphatic rings. The molecule has 0 radical (unpaired) electrons. The molecule has 0 fully saturated rings. The molecular weight excluding hydrogens is 277 g/mol. The first kappa shape index (κ1) is 14.8. The Morgan fingerprint density at radius 2 is 2.05 bits per heavy atom. The van der Waals surface area contributed by atoms with Gasteiger partial charge in [-0.05, 0) is 54.9 Å². The fourth-order valence-electron chi connectivity index (χ4n) is 2.24. The minimum atomic E-state index is -0.235. The first-order valence-corrected chi connectivity index (χ1v) is 6.77. The second-order valence-corrected chi connectivity index (χ2v) is 4.99. The van der Waals surface area contributed by atoms with Crippen LogP contribution in [0.15, 0.2) is 42.5 Å². The minimum absolute atomic E-state index is 0.00179. The van der Waals surface area contributed by atoms with Crippen LogP contribution in [0.5, 0.6) is 5.75 Å². The van der Waals surface area contributed by atoms with Crippen LogP contribution >= 0.6 is 11.6 Å². The number of rotatable bonds is 5. The molecule has 0 amide bonds. The molecule has 2 aromatic carbocycles. The van der Waals surface area contributed by atoms with Crippen molar-refractivity contribution in [2.24, 2.45) is 0 Å². The number of halogens is 2. The Balaban J connectivity index is 2.28. The zero-order valence-electron chi connectivity index (χ0n) is 11.5. The van der Waals surface area contributed by atoms with E-state index in [-0.39, 0.29) is 11.9 Å². The monoisotopic (exact) mass is 293 g/mol. The number of hydrogen-bond acceptors (Lipinski definition) is 2. The third-order valence-electron chi connectivity index (χ3n) is 3.27. The molecule has 0 saturated heterocycles. The van der Waals surface area contributed by atoms with Crippen LogP contribution in [0.3, 0.4) is 0 Å². The molecule has 0 aromatic heterocycles. The second kappa shape index (κ2) is 6.73. The molecule has 0 bridgehead atoms. The van der Waals surface area contributed by atoms with Gasteiger partial charge in [-0.1, -0.05) is 23.7 Å². The van der Waals surface area contributed by atoms with Gasteiger partial charge in [-0.25, -0.2) is 4.39 Å². The molecule has 0 aliphatic heterocycles. The van der Waals surface area contributed by atoms with E-state index in [4.69, 9.17) is 16.3 Å². The Morgan fingerprint density at radius 3 is 2.70 bits per heavy atom. The Morgan fingerprint density at radius 1 is 1.25 bits per heavy atom. The fourth-order valence-corrected chi connectivity index (χ4v) is 2.43. The maximum absolute atomic E-state index is 13.3. The van der Waals surface area contributed by atoms with Gasteiger partial charge in [-0.15, -0.1) is 0 Å². The molecule has 2 aromatic rings. The molecule has 1 N–H and O–H groups in total. The van der Waals surface area contributed by atoms with E-state index >= 15 is 0 Å². The van der Waals surface area contributed by atoms with E-state index in [9.17, 15) is 4.39 Å². The van der Waals surface area contributed by atoms with Crippen LogP contribution in [0, 0.1) is 5.82 Å². The number of hydrogen-bond donors (Lipinski definition) is 1. The highest BCUT2D eigenvalue weighted by molar-refractivity contribution is 6.30. The standard InChI is InChI=1S/C16H17ClFNO/c1-19-15(11-4-3-5-14(18)9-11)10-12-8-13(17)6-7-16(12)20-2/h3-9,15,19H,10H2,1-2H3. The van der Waals surface area contributed by atoms with Crippen molar-refractivity contribution in [3.05, 3.63) is 64.4 Å². The van der Waals surface area contributed by atoms with Gasteiger partial charge in [-0.3, -0.25) is 0 Å². The van der Waals surface area contributed by atoms with Gasteiger partial charge in [0.05, 0.1) is 7.11 Å². The summed E-state index contributed by atoms with van der Waals surface area (Å²) in [5.74, 6) is 0.548. The lowest BCUT2D eigenvalue weighted by Crippen LogP contribution is -2.19. The van der Waals surface area contributed by atoms with Gasteiger partial charge in [0.25, 0.3) is 0 Å². The van der Waals surface area contributed by atoms with Crippen molar-refractivity contribution < 1.29 is 9.13 Å². The fraction of sp³-hybridized carbons (Fsp3) is 0.250. The molecular formula is C16H17ClFNO. The maximum atomic E-state index is 13.3. The molecule has 2 nitrogen and oxygen atoms in total. The molecule has 1 unspecified atom stereocenters. The summed E-state index contributed by atoms with van der Waals surface area (Å²) < 4.78 is 18.7. The molecule has 2 rings (SSSR count). The van der Waals surface area contributed by atoms with Crippen LogP contribution in [-0.4, -0.2) is 14.2 Å². The topological polar surface area (TPSA) is 21.3 Å². The summed E-state index contributed by atoms with van der Waals surface area (Å²) in [6.45, 7) is 0. The van der Waals surface area contributed by atoms with Crippen LogP contribution in [-0.2, 0) is 6.42 Å². The van der Waals surface area contributed by atoms with Crippen LogP contribution in [0.1, 0.15) is 17.2 Å². The van der Waals surface area contributed by atoms with Gasteiger partial charge >= 0.3 is 0 Å². The quantitative estimate of drug-likeness (QED) is 0.900. The van der Waals surface area contributed by atoms with E-state index in [0.717, 1.165) is 16.9 Å². The van der Waals surface area contributed by atoms with Crippen LogP contribution < -0.4 is 10.1 Å². The van der Waals surface area contributed by atoms with Gasteiger partial charge in [0, 0.05) is 11.1 Å². The zero-order valence-corrected chi connectivity index (χ0v) is 12.2. The second-order valence-electron chi connectivity index (χ2n) is 4.56. The maximum Gasteiger partial charge on any atom is 0.123 e. The first-order chi connectivity index (χ1) is 9.63. The predicted molar refractivity (Wildman–Crippen MR) is 79.9 cm³/mol. The third-order valence-corrected chi connectivity index (χ3v) is 3.50. The van der Waals surface area contributed by atoms with Crippen molar-refractivity contribution in [1.82, 2.24) is 5.32 Å². The van der Waals surface area contributed by atoms with E-state index in [1.165, 1.54) is 12.1 Å². The average molecular weight is 294 g/mol. The van der Waals surface area contributed by atoms with Crippen molar-refractivity contribution in [2.75, 3.05) is 14.2 Å². The zero-order chi connectivity index (χ0) is 14.5. The van der Waals surface area contributed by atoms with Crippen molar-refractivity contribution >= 4 is 11.6 Å². The minimum Gasteiger partial charge on any atom is -0.496 e. The molecule has 0 heterocycles. The Hall–Kier alpha value is -1.58. The summed E-state index contributed by atoms with van der Waals surface area (Å²) in [5.41, 5.74) is 1.89. The number of likely N-dealkylation sites (N-methyl/N-ethyl adjacent to an activating group) is 1. The smallest absolute Gasteiger partial charge is 0.123 e. The van der Waals surface area contributed by atoms with E-state index in [0.29, 0.717) is 11.4 Å². The summed E-state index contributed by atoms with van der Waals surface area (Å²) in [5, 5.41) is 3.86. The summed E-state index contributed by atoms with van der Waals surface area (Å²) in [7, 11) is 3.48. The van der Waals surface area contributed by atoms with Crippen LogP contribution in [0.2, 0.25) is 5.02 Å². The van der Waals surface area contributed by atoms with Gasteiger partial charge in [0.1, 0.15) is 11.6 Å². The number of benzene rings is 2. The van der Waals surface area contributed by atoms with Crippen LogP contribution in [0.25, 0.3) is 0 Å². The van der Waals surface area contributed by atoms with E-state index in [1.54, 1.807) is 19.2 Å².